The highest BCUT2D eigenvalue weighted by Crippen LogP contribution is 2.35. The summed E-state index contributed by atoms with van der Waals surface area (Å²) in [5.41, 5.74) is 2.55. The van der Waals surface area contributed by atoms with Crippen LogP contribution >= 0.6 is 15.9 Å². The van der Waals surface area contributed by atoms with E-state index in [1.165, 1.54) is 11.1 Å². The minimum Gasteiger partial charge on any atom is -0.493 e. The molecule has 0 radical (unpaired) electrons. The summed E-state index contributed by atoms with van der Waals surface area (Å²) in [5, 5.41) is 3.67. The molecule has 3 heteroatoms. The van der Waals surface area contributed by atoms with Crippen molar-refractivity contribution in [1.82, 2.24) is 5.32 Å². The van der Waals surface area contributed by atoms with E-state index in [0.717, 1.165) is 23.4 Å². The number of fused-ring (bicyclic) bond motifs is 1. The van der Waals surface area contributed by atoms with Gasteiger partial charge in [0.25, 0.3) is 0 Å². The van der Waals surface area contributed by atoms with Crippen LogP contribution < -0.4 is 10.1 Å². The topological polar surface area (TPSA) is 21.3 Å². The molecule has 0 bridgehead atoms. The van der Waals surface area contributed by atoms with Crippen molar-refractivity contribution in [2.24, 2.45) is 5.92 Å². The van der Waals surface area contributed by atoms with Gasteiger partial charge in [-0.15, -0.1) is 0 Å². The van der Waals surface area contributed by atoms with Crippen LogP contribution in [-0.2, 0) is 6.54 Å². The van der Waals surface area contributed by atoms with E-state index in [0.29, 0.717) is 12.0 Å². The van der Waals surface area contributed by atoms with Crippen molar-refractivity contribution < 1.29 is 4.74 Å². The second-order valence-corrected chi connectivity index (χ2v) is 6.23. The summed E-state index contributed by atoms with van der Waals surface area (Å²) in [5.74, 6) is 1.48. The fourth-order valence-electron chi connectivity index (χ4n) is 2.68. The molecule has 0 fully saturated rings. The first-order valence-electron chi connectivity index (χ1n) is 6.93. The zero-order valence-electron chi connectivity index (χ0n) is 11.5. The van der Waals surface area contributed by atoms with Crippen LogP contribution in [0, 0.1) is 5.92 Å². The second-order valence-electron chi connectivity index (χ2n) is 5.31. The largest absolute Gasteiger partial charge is 0.493 e. The summed E-state index contributed by atoms with van der Waals surface area (Å²) < 4.78 is 6.91. The lowest BCUT2D eigenvalue weighted by Crippen LogP contribution is -2.33. The third kappa shape index (κ3) is 2.89. The molecule has 0 spiro atoms. The maximum absolute atomic E-state index is 5.79. The summed E-state index contributed by atoms with van der Waals surface area (Å²) >= 11 is 3.52. The van der Waals surface area contributed by atoms with Crippen LogP contribution in [0.15, 0.2) is 53.0 Å². The van der Waals surface area contributed by atoms with Crippen LogP contribution in [0.3, 0.4) is 0 Å². The van der Waals surface area contributed by atoms with E-state index in [2.05, 4.69) is 70.6 Å². The molecule has 20 heavy (non-hydrogen) atoms. The molecule has 2 aromatic rings. The van der Waals surface area contributed by atoms with Crippen LogP contribution in [-0.4, -0.2) is 6.61 Å². The third-order valence-corrected chi connectivity index (χ3v) is 4.23. The lowest BCUT2D eigenvalue weighted by molar-refractivity contribution is 0.188. The highest BCUT2D eigenvalue weighted by molar-refractivity contribution is 9.10. The van der Waals surface area contributed by atoms with Gasteiger partial charge in [0.1, 0.15) is 5.75 Å². The molecule has 0 amide bonds. The van der Waals surface area contributed by atoms with Crippen molar-refractivity contribution in [3.05, 3.63) is 64.1 Å². The molecular formula is C17H18BrNO. The predicted molar refractivity (Wildman–Crippen MR) is 84.8 cm³/mol. The first-order valence-corrected chi connectivity index (χ1v) is 7.73. The Kier molecular flexibility index (Phi) is 4.08. The van der Waals surface area contributed by atoms with Gasteiger partial charge in [0, 0.05) is 28.5 Å². The maximum Gasteiger partial charge on any atom is 0.124 e. The molecule has 0 aromatic heterocycles. The predicted octanol–water partition coefficient (Wildman–Crippen LogP) is 4.31. The van der Waals surface area contributed by atoms with E-state index in [4.69, 9.17) is 4.74 Å². The van der Waals surface area contributed by atoms with Gasteiger partial charge in [-0.25, -0.2) is 0 Å². The molecule has 104 valence electrons. The van der Waals surface area contributed by atoms with Gasteiger partial charge in [0.15, 0.2) is 0 Å². The van der Waals surface area contributed by atoms with E-state index in [1.54, 1.807) is 0 Å². The van der Waals surface area contributed by atoms with Crippen LogP contribution in [0.5, 0.6) is 5.75 Å². The number of benzene rings is 2. The number of halogens is 1. The van der Waals surface area contributed by atoms with Crippen molar-refractivity contribution in [3.8, 4) is 5.75 Å². The molecule has 1 aliphatic heterocycles. The summed E-state index contributed by atoms with van der Waals surface area (Å²) in [4.78, 5) is 0. The minimum absolute atomic E-state index is 0.346. The van der Waals surface area contributed by atoms with Gasteiger partial charge in [-0.05, 0) is 23.8 Å². The van der Waals surface area contributed by atoms with E-state index < -0.39 is 0 Å². The van der Waals surface area contributed by atoms with Gasteiger partial charge in [0.05, 0.1) is 6.61 Å². The first-order chi connectivity index (χ1) is 9.74. The Morgan fingerprint density at radius 2 is 2.05 bits per heavy atom. The third-order valence-electron chi connectivity index (χ3n) is 3.74. The standard InChI is InChI=1S/C17H18BrNO/c1-12-11-20-16-8-3-2-7-15(16)17(12)19-10-13-5-4-6-14(18)9-13/h2-9,12,17,19H,10-11H2,1H3. The normalized spacial score (nSPS) is 21.1. The Balaban J connectivity index is 1.77. The minimum atomic E-state index is 0.346. The molecule has 3 rings (SSSR count). The number of hydrogen-bond acceptors (Lipinski definition) is 2. The monoisotopic (exact) mass is 331 g/mol. The molecule has 1 N–H and O–H groups in total. The molecular weight excluding hydrogens is 314 g/mol. The summed E-state index contributed by atoms with van der Waals surface area (Å²) in [6, 6.07) is 17.1. The number of nitrogens with one attached hydrogen (secondary N) is 1. The molecule has 2 unspecified atom stereocenters. The zero-order valence-corrected chi connectivity index (χ0v) is 13.1. The fourth-order valence-corrected chi connectivity index (χ4v) is 3.13. The van der Waals surface area contributed by atoms with Crippen LogP contribution in [0.2, 0.25) is 0 Å². The Morgan fingerprint density at radius 1 is 1.20 bits per heavy atom. The van der Waals surface area contributed by atoms with Crippen LogP contribution in [0.25, 0.3) is 0 Å². The lowest BCUT2D eigenvalue weighted by Gasteiger charge is -2.32. The average Bonchev–Trinajstić information content (AvgIpc) is 2.46. The van der Waals surface area contributed by atoms with Crippen molar-refractivity contribution in [2.75, 3.05) is 6.61 Å². The molecule has 0 aliphatic carbocycles. The fraction of sp³-hybridized carbons (Fsp3) is 0.294. The molecule has 2 atom stereocenters. The Morgan fingerprint density at radius 3 is 2.90 bits per heavy atom. The van der Waals surface area contributed by atoms with Gasteiger partial charge in [0.2, 0.25) is 0 Å². The SMILES string of the molecule is CC1COc2ccccc2C1NCc1cccc(Br)c1. The zero-order chi connectivity index (χ0) is 13.9. The van der Waals surface area contributed by atoms with Crippen molar-refractivity contribution in [1.29, 1.82) is 0 Å². The Hall–Kier alpha value is -1.32. The van der Waals surface area contributed by atoms with Gasteiger partial charge >= 0.3 is 0 Å². The van der Waals surface area contributed by atoms with Gasteiger partial charge in [-0.3, -0.25) is 0 Å². The second kappa shape index (κ2) is 5.98. The molecule has 2 aromatic carbocycles. The van der Waals surface area contributed by atoms with Gasteiger partial charge in [-0.2, -0.15) is 0 Å². The van der Waals surface area contributed by atoms with E-state index in [-0.39, 0.29) is 0 Å². The summed E-state index contributed by atoms with van der Waals surface area (Å²) in [6.45, 7) is 3.87. The van der Waals surface area contributed by atoms with E-state index in [9.17, 15) is 0 Å². The van der Waals surface area contributed by atoms with Gasteiger partial charge < -0.3 is 10.1 Å². The molecule has 1 aliphatic rings. The lowest BCUT2D eigenvalue weighted by atomic mass is 9.92. The van der Waals surface area contributed by atoms with E-state index >= 15 is 0 Å². The molecule has 0 saturated carbocycles. The number of hydrogen-bond donors (Lipinski definition) is 1. The van der Waals surface area contributed by atoms with Crippen LogP contribution in [0.4, 0.5) is 0 Å². The van der Waals surface area contributed by atoms with Gasteiger partial charge in [-0.1, -0.05) is 53.2 Å². The van der Waals surface area contributed by atoms with Crippen molar-refractivity contribution in [2.45, 2.75) is 19.5 Å². The first kappa shape index (κ1) is 13.7. The quantitative estimate of drug-likeness (QED) is 0.904. The average molecular weight is 332 g/mol. The summed E-state index contributed by atoms with van der Waals surface area (Å²) in [7, 11) is 0. The Bertz CT molecular complexity index is 599. The molecule has 2 nitrogen and oxygen atoms in total. The van der Waals surface area contributed by atoms with Crippen molar-refractivity contribution >= 4 is 15.9 Å². The van der Waals surface area contributed by atoms with Crippen molar-refractivity contribution in [3.63, 3.8) is 0 Å². The molecule has 1 heterocycles. The summed E-state index contributed by atoms with van der Waals surface area (Å²) in [6.07, 6.45) is 0. The Labute approximate surface area is 128 Å². The number of para-hydroxylation sites is 1. The smallest absolute Gasteiger partial charge is 0.124 e. The highest BCUT2D eigenvalue weighted by atomic mass is 79.9. The van der Waals surface area contributed by atoms with Crippen LogP contribution in [0.1, 0.15) is 24.1 Å². The van der Waals surface area contributed by atoms with E-state index in [1.807, 2.05) is 6.07 Å². The highest BCUT2D eigenvalue weighted by Gasteiger charge is 2.26. The number of ether oxygens (including phenoxy) is 1. The molecule has 0 saturated heterocycles. The number of rotatable bonds is 3. The maximum atomic E-state index is 5.79.